The predicted octanol–water partition coefficient (Wildman–Crippen LogP) is 1.83. The normalized spacial score (nSPS) is 17.6. The van der Waals surface area contributed by atoms with Crippen molar-refractivity contribution in [3.8, 4) is 0 Å². The number of benzene rings is 1. The monoisotopic (exact) mass is 402 g/mol. The molecule has 1 aliphatic rings. The molecule has 0 radical (unpaired) electrons. The van der Waals surface area contributed by atoms with Crippen LogP contribution in [0.3, 0.4) is 0 Å². The summed E-state index contributed by atoms with van der Waals surface area (Å²) in [7, 11) is 0. The minimum absolute atomic E-state index is 0.0331. The van der Waals surface area contributed by atoms with Gasteiger partial charge in [-0.15, -0.1) is 0 Å². The van der Waals surface area contributed by atoms with Crippen molar-refractivity contribution < 1.29 is 14.7 Å². The number of rotatable bonds is 3. The molecule has 6 heteroatoms. The van der Waals surface area contributed by atoms with Crippen molar-refractivity contribution in [2.24, 2.45) is 0 Å². The average Bonchev–Trinajstić information content (AvgIpc) is 2.48. The third-order valence-corrected chi connectivity index (χ3v) is 5.36. The third kappa shape index (κ3) is 3.55. The van der Waals surface area contributed by atoms with E-state index < -0.39 is 12.0 Å². The Labute approximate surface area is 138 Å². The number of halogens is 1. The van der Waals surface area contributed by atoms with Crippen LogP contribution in [-0.4, -0.2) is 59.0 Å². The van der Waals surface area contributed by atoms with Gasteiger partial charge in [-0.3, -0.25) is 14.5 Å². The Bertz CT molecular complexity index is 554. The summed E-state index contributed by atoms with van der Waals surface area (Å²) < 4.78 is 0.987. The summed E-state index contributed by atoms with van der Waals surface area (Å²) in [6.45, 7) is 6.01. The van der Waals surface area contributed by atoms with E-state index in [1.807, 2.05) is 34.9 Å². The first kappa shape index (κ1) is 16.2. The molecular weight excluding hydrogens is 383 g/mol. The first-order chi connectivity index (χ1) is 9.91. The summed E-state index contributed by atoms with van der Waals surface area (Å²) in [6.07, 6.45) is 0. The number of piperazine rings is 1. The number of carboxylic acid groups (broad SMARTS) is 1. The molecule has 1 saturated heterocycles. The number of hydrogen-bond donors (Lipinski definition) is 1. The fraction of sp³-hybridized carbons (Fsp3) is 0.467. The largest absolute Gasteiger partial charge is 0.480 e. The van der Waals surface area contributed by atoms with E-state index in [-0.39, 0.29) is 5.91 Å². The van der Waals surface area contributed by atoms with Crippen molar-refractivity contribution in [1.82, 2.24) is 9.80 Å². The zero-order valence-corrected chi connectivity index (χ0v) is 14.3. The number of carboxylic acids is 1. The lowest BCUT2D eigenvalue weighted by Crippen LogP contribution is -2.53. The number of amides is 1. The summed E-state index contributed by atoms with van der Waals surface area (Å²) in [5, 5.41) is 9.03. The van der Waals surface area contributed by atoms with Crippen molar-refractivity contribution in [3.05, 3.63) is 32.9 Å². The van der Waals surface area contributed by atoms with Crippen molar-refractivity contribution in [1.29, 1.82) is 0 Å². The van der Waals surface area contributed by atoms with Gasteiger partial charge in [0.15, 0.2) is 0 Å². The van der Waals surface area contributed by atoms with Gasteiger partial charge in [-0.25, -0.2) is 0 Å². The van der Waals surface area contributed by atoms with Gasteiger partial charge in [-0.05, 0) is 48.1 Å². The number of hydrogen-bond acceptors (Lipinski definition) is 3. The van der Waals surface area contributed by atoms with Crippen LogP contribution < -0.4 is 0 Å². The van der Waals surface area contributed by atoms with Crippen molar-refractivity contribution in [2.45, 2.75) is 19.9 Å². The molecule has 0 aromatic heterocycles. The number of carbonyl (C=O) groups excluding carboxylic acids is 1. The Balaban J connectivity index is 2.04. The maximum absolute atomic E-state index is 12.6. The smallest absolute Gasteiger partial charge is 0.320 e. The van der Waals surface area contributed by atoms with Gasteiger partial charge in [0.2, 0.25) is 0 Å². The topological polar surface area (TPSA) is 60.9 Å². The summed E-state index contributed by atoms with van der Waals surface area (Å²) >= 11 is 2.20. The van der Waals surface area contributed by atoms with E-state index in [2.05, 4.69) is 22.6 Å². The molecular formula is C15H19IN2O3. The molecule has 1 aromatic carbocycles. The number of nitrogens with zero attached hydrogens (tertiary/aromatic N) is 2. The second kappa shape index (κ2) is 6.74. The fourth-order valence-electron chi connectivity index (χ4n) is 2.45. The summed E-state index contributed by atoms with van der Waals surface area (Å²) in [4.78, 5) is 27.3. The SMILES string of the molecule is Cc1cccc(C(=O)N2CCN(C(C)C(=O)O)CC2)c1I. The van der Waals surface area contributed by atoms with Crippen molar-refractivity contribution >= 4 is 34.5 Å². The zero-order valence-electron chi connectivity index (χ0n) is 12.2. The van der Waals surface area contributed by atoms with Gasteiger partial charge in [0.25, 0.3) is 5.91 Å². The van der Waals surface area contributed by atoms with Crippen LogP contribution in [0.1, 0.15) is 22.8 Å². The Morgan fingerprint density at radius 2 is 1.86 bits per heavy atom. The standard InChI is InChI=1S/C15H19IN2O3/c1-10-4-3-5-12(13(10)16)14(19)18-8-6-17(7-9-18)11(2)15(20)21/h3-5,11H,6-9H2,1-2H3,(H,20,21). The molecule has 0 saturated carbocycles. The van der Waals surface area contributed by atoms with E-state index in [1.54, 1.807) is 6.92 Å². The Morgan fingerprint density at radius 3 is 2.43 bits per heavy atom. The minimum atomic E-state index is -0.817. The third-order valence-electron chi connectivity index (χ3n) is 3.93. The van der Waals surface area contributed by atoms with Crippen LogP contribution in [0.25, 0.3) is 0 Å². The van der Waals surface area contributed by atoms with Gasteiger partial charge >= 0.3 is 5.97 Å². The lowest BCUT2D eigenvalue weighted by molar-refractivity contribution is -0.143. The molecule has 1 atom stereocenters. The molecule has 114 valence electrons. The van der Waals surface area contributed by atoms with Crippen molar-refractivity contribution in [2.75, 3.05) is 26.2 Å². The van der Waals surface area contributed by atoms with Crippen LogP contribution in [-0.2, 0) is 4.79 Å². The van der Waals surface area contributed by atoms with Crippen LogP contribution >= 0.6 is 22.6 Å². The molecule has 21 heavy (non-hydrogen) atoms. The van der Waals surface area contributed by atoms with Crippen LogP contribution in [0.5, 0.6) is 0 Å². The maximum atomic E-state index is 12.6. The first-order valence-corrected chi connectivity index (χ1v) is 8.01. The van der Waals surface area contributed by atoms with E-state index in [4.69, 9.17) is 5.11 Å². The van der Waals surface area contributed by atoms with Gasteiger partial charge in [-0.2, -0.15) is 0 Å². The highest BCUT2D eigenvalue weighted by atomic mass is 127. The predicted molar refractivity (Wildman–Crippen MR) is 88.5 cm³/mol. The molecule has 1 N–H and O–H groups in total. The highest BCUT2D eigenvalue weighted by Gasteiger charge is 2.28. The highest BCUT2D eigenvalue weighted by Crippen LogP contribution is 2.19. The van der Waals surface area contributed by atoms with Gasteiger partial charge in [-0.1, -0.05) is 12.1 Å². The summed E-state index contributed by atoms with van der Waals surface area (Å²) in [6, 6.07) is 5.24. The lowest BCUT2D eigenvalue weighted by Gasteiger charge is -2.36. The fourth-order valence-corrected chi connectivity index (χ4v) is 3.04. The molecule has 5 nitrogen and oxygen atoms in total. The molecule has 1 fully saturated rings. The van der Waals surface area contributed by atoms with Crippen LogP contribution in [0.15, 0.2) is 18.2 Å². The first-order valence-electron chi connectivity index (χ1n) is 6.93. The minimum Gasteiger partial charge on any atom is -0.480 e. The van der Waals surface area contributed by atoms with Crippen LogP contribution in [0.2, 0.25) is 0 Å². The molecule has 2 rings (SSSR count). The Morgan fingerprint density at radius 1 is 1.24 bits per heavy atom. The van der Waals surface area contributed by atoms with Gasteiger partial charge in [0.05, 0.1) is 5.56 Å². The van der Waals surface area contributed by atoms with E-state index in [0.29, 0.717) is 26.2 Å². The van der Waals surface area contributed by atoms with E-state index in [0.717, 1.165) is 14.7 Å². The molecule has 1 aromatic rings. The molecule has 1 amide bonds. The molecule has 0 spiro atoms. The van der Waals surface area contributed by atoms with Crippen molar-refractivity contribution in [3.63, 3.8) is 0 Å². The number of aryl methyl sites for hydroxylation is 1. The number of aliphatic carboxylic acids is 1. The quantitative estimate of drug-likeness (QED) is 0.784. The highest BCUT2D eigenvalue weighted by molar-refractivity contribution is 14.1. The number of carbonyl (C=O) groups is 2. The molecule has 1 aliphatic heterocycles. The average molecular weight is 402 g/mol. The molecule has 1 heterocycles. The van der Waals surface area contributed by atoms with Gasteiger partial charge in [0.1, 0.15) is 6.04 Å². The molecule has 0 aliphatic carbocycles. The van der Waals surface area contributed by atoms with Crippen LogP contribution in [0, 0.1) is 10.5 Å². The van der Waals surface area contributed by atoms with E-state index in [1.165, 1.54) is 0 Å². The van der Waals surface area contributed by atoms with Gasteiger partial charge < -0.3 is 10.0 Å². The van der Waals surface area contributed by atoms with Crippen LogP contribution in [0.4, 0.5) is 0 Å². The van der Waals surface area contributed by atoms with Gasteiger partial charge in [0, 0.05) is 29.7 Å². The zero-order chi connectivity index (χ0) is 15.6. The Kier molecular flexibility index (Phi) is 5.21. The lowest BCUT2D eigenvalue weighted by atomic mass is 10.1. The second-order valence-corrected chi connectivity index (χ2v) is 6.36. The molecule has 0 bridgehead atoms. The maximum Gasteiger partial charge on any atom is 0.320 e. The van der Waals surface area contributed by atoms with E-state index in [9.17, 15) is 9.59 Å². The summed E-state index contributed by atoms with van der Waals surface area (Å²) in [5.41, 5.74) is 1.83. The van der Waals surface area contributed by atoms with E-state index >= 15 is 0 Å². The second-order valence-electron chi connectivity index (χ2n) is 5.28. The summed E-state index contributed by atoms with van der Waals surface area (Å²) in [5.74, 6) is -0.784. The molecule has 1 unspecified atom stereocenters. The Hall–Kier alpha value is -1.15.